The molecule has 2 N–H and O–H groups in total. The fourth-order valence-electron chi connectivity index (χ4n) is 1.26. The molecule has 2 rings (SSSR count). The molecule has 0 unspecified atom stereocenters. The van der Waals surface area contributed by atoms with Crippen LogP contribution in [0.3, 0.4) is 0 Å². The SMILES string of the molecule is CN(C(=O)c1ccc(N)nn1)C1CC1. The molecule has 5 nitrogen and oxygen atoms in total. The number of nitrogen functional groups attached to an aromatic ring is 1. The first kappa shape index (κ1) is 8.93. The van der Waals surface area contributed by atoms with Crippen LogP contribution in [-0.4, -0.2) is 34.1 Å². The molecule has 0 bridgehead atoms. The zero-order valence-corrected chi connectivity index (χ0v) is 7.97. The minimum Gasteiger partial charge on any atom is -0.382 e. The van der Waals surface area contributed by atoms with Crippen molar-refractivity contribution >= 4 is 11.7 Å². The summed E-state index contributed by atoms with van der Waals surface area (Å²) in [5.41, 5.74) is 5.73. The Labute approximate surface area is 81.9 Å². The third kappa shape index (κ3) is 1.66. The van der Waals surface area contributed by atoms with Crippen molar-refractivity contribution in [3.63, 3.8) is 0 Å². The highest BCUT2D eigenvalue weighted by atomic mass is 16.2. The van der Waals surface area contributed by atoms with Crippen molar-refractivity contribution < 1.29 is 4.79 Å². The minimum absolute atomic E-state index is 0.0833. The van der Waals surface area contributed by atoms with Gasteiger partial charge in [-0.2, -0.15) is 0 Å². The number of nitrogens with two attached hydrogens (primary N) is 1. The lowest BCUT2D eigenvalue weighted by Crippen LogP contribution is -2.29. The number of hydrogen-bond acceptors (Lipinski definition) is 4. The van der Waals surface area contributed by atoms with E-state index < -0.39 is 0 Å². The lowest BCUT2D eigenvalue weighted by molar-refractivity contribution is 0.0778. The molecule has 0 saturated heterocycles. The van der Waals surface area contributed by atoms with Gasteiger partial charge in [-0.15, -0.1) is 10.2 Å². The lowest BCUT2D eigenvalue weighted by atomic mass is 10.3. The molecule has 1 aliphatic rings. The standard InChI is InChI=1S/C9H12N4O/c1-13(6-2-3-6)9(14)7-4-5-8(10)12-11-7/h4-6H,2-3H2,1H3,(H2,10,12). The second-order valence-corrected chi connectivity index (χ2v) is 3.49. The first-order valence-corrected chi connectivity index (χ1v) is 4.55. The molecule has 74 valence electrons. The van der Waals surface area contributed by atoms with Crippen LogP contribution in [0.15, 0.2) is 12.1 Å². The van der Waals surface area contributed by atoms with Gasteiger partial charge in [-0.05, 0) is 25.0 Å². The monoisotopic (exact) mass is 192 g/mol. The van der Waals surface area contributed by atoms with Crippen molar-refractivity contribution in [2.75, 3.05) is 12.8 Å². The second kappa shape index (κ2) is 3.25. The van der Waals surface area contributed by atoms with Crippen LogP contribution in [0.1, 0.15) is 23.3 Å². The van der Waals surface area contributed by atoms with Crippen molar-refractivity contribution in [1.82, 2.24) is 15.1 Å². The summed E-state index contributed by atoms with van der Waals surface area (Å²) < 4.78 is 0. The number of aromatic nitrogens is 2. The third-order valence-corrected chi connectivity index (χ3v) is 2.32. The Kier molecular flexibility index (Phi) is 2.07. The van der Waals surface area contributed by atoms with Gasteiger partial charge in [0.15, 0.2) is 5.69 Å². The van der Waals surface area contributed by atoms with E-state index in [1.807, 2.05) is 0 Å². The Morgan fingerprint density at radius 3 is 2.71 bits per heavy atom. The molecule has 1 amide bonds. The first-order chi connectivity index (χ1) is 6.68. The average Bonchev–Trinajstić information content (AvgIpc) is 3.00. The van der Waals surface area contributed by atoms with Gasteiger partial charge in [0.2, 0.25) is 0 Å². The van der Waals surface area contributed by atoms with Gasteiger partial charge >= 0.3 is 0 Å². The topological polar surface area (TPSA) is 72.1 Å². The third-order valence-electron chi connectivity index (χ3n) is 2.32. The molecule has 1 aromatic heterocycles. The molecule has 0 atom stereocenters. The number of anilines is 1. The Morgan fingerprint density at radius 2 is 2.21 bits per heavy atom. The van der Waals surface area contributed by atoms with Crippen LogP contribution in [0.4, 0.5) is 5.82 Å². The maximum absolute atomic E-state index is 11.7. The number of hydrogen-bond donors (Lipinski definition) is 1. The fourth-order valence-corrected chi connectivity index (χ4v) is 1.26. The number of carbonyl (C=O) groups excluding carboxylic acids is 1. The number of carbonyl (C=O) groups is 1. The summed E-state index contributed by atoms with van der Waals surface area (Å²) in [4.78, 5) is 13.4. The Morgan fingerprint density at radius 1 is 1.50 bits per heavy atom. The molecule has 0 radical (unpaired) electrons. The van der Waals surface area contributed by atoms with E-state index in [9.17, 15) is 4.79 Å². The van der Waals surface area contributed by atoms with Gasteiger partial charge in [0.1, 0.15) is 5.82 Å². The Hall–Kier alpha value is -1.65. The first-order valence-electron chi connectivity index (χ1n) is 4.55. The molecule has 1 heterocycles. The average molecular weight is 192 g/mol. The van der Waals surface area contributed by atoms with E-state index in [-0.39, 0.29) is 5.91 Å². The zero-order chi connectivity index (χ0) is 10.1. The highest BCUT2D eigenvalue weighted by Gasteiger charge is 2.30. The highest BCUT2D eigenvalue weighted by molar-refractivity contribution is 5.92. The molecular formula is C9H12N4O. The summed E-state index contributed by atoms with van der Waals surface area (Å²) in [5.74, 6) is 0.246. The van der Waals surface area contributed by atoms with Crippen LogP contribution in [0.2, 0.25) is 0 Å². The second-order valence-electron chi connectivity index (χ2n) is 3.49. The fraction of sp³-hybridized carbons (Fsp3) is 0.444. The largest absolute Gasteiger partial charge is 0.382 e. The number of amides is 1. The normalized spacial score (nSPS) is 15.2. The zero-order valence-electron chi connectivity index (χ0n) is 7.97. The van der Waals surface area contributed by atoms with Crippen LogP contribution < -0.4 is 5.73 Å². The van der Waals surface area contributed by atoms with Crippen molar-refractivity contribution in [3.8, 4) is 0 Å². The van der Waals surface area contributed by atoms with Crippen LogP contribution in [0.25, 0.3) is 0 Å². The van der Waals surface area contributed by atoms with E-state index in [4.69, 9.17) is 5.73 Å². The molecule has 5 heteroatoms. The van der Waals surface area contributed by atoms with E-state index >= 15 is 0 Å². The lowest BCUT2D eigenvalue weighted by Gasteiger charge is -2.14. The van der Waals surface area contributed by atoms with E-state index in [0.29, 0.717) is 17.6 Å². The van der Waals surface area contributed by atoms with E-state index in [2.05, 4.69) is 10.2 Å². The van der Waals surface area contributed by atoms with Crippen LogP contribution >= 0.6 is 0 Å². The molecule has 1 fully saturated rings. The summed E-state index contributed by atoms with van der Waals surface area (Å²) in [7, 11) is 1.79. The van der Waals surface area contributed by atoms with Crippen LogP contribution in [-0.2, 0) is 0 Å². The van der Waals surface area contributed by atoms with Gasteiger partial charge in [-0.3, -0.25) is 4.79 Å². The van der Waals surface area contributed by atoms with Crippen molar-refractivity contribution in [1.29, 1.82) is 0 Å². The van der Waals surface area contributed by atoms with Gasteiger partial charge < -0.3 is 10.6 Å². The molecule has 1 aromatic rings. The molecule has 0 aliphatic heterocycles. The highest BCUT2D eigenvalue weighted by Crippen LogP contribution is 2.26. The minimum atomic E-state index is -0.0833. The maximum atomic E-state index is 11.7. The molecule has 14 heavy (non-hydrogen) atoms. The van der Waals surface area contributed by atoms with Crippen LogP contribution in [0, 0.1) is 0 Å². The maximum Gasteiger partial charge on any atom is 0.274 e. The van der Waals surface area contributed by atoms with Gasteiger partial charge in [-0.25, -0.2) is 0 Å². The number of nitrogens with zero attached hydrogens (tertiary/aromatic N) is 3. The van der Waals surface area contributed by atoms with Gasteiger partial charge in [0.05, 0.1) is 0 Å². The van der Waals surface area contributed by atoms with Crippen molar-refractivity contribution in [3.05, 3.63) is 17.8 Å². The van der Waals surface area contributed by atoms with E-state index in [1.54, 1.807) is 24.1 Å². The summed E-state index contributed by atoms with van der Waals surface area (Å²) in [5, 5.41) is 7.39. The van der Waals surface area contributed by atoms with Crippen molar-refractivity contribution in [2.45, 2.75) is 18.9 Å². The Balaban J connectivity index is 2.13. The molecule has 1 aliphatic carbocycles. The predicted molar refractivity (Wildman–Crippen MR) is 51.6 cm³/mol. The van der Waals surface area contributed by atoms with Crippen molar-refractivity contribution in [2.24, 2.45) is 0 Å². The molecular weight excluding hydrogens is 180 g/mol. The summed E-state index contributed by atoms with van der Waals surface area (Å²) >= 11 is 0. The predicted octanol–water partition coefficient (Wildman–Crippen LogP) is 0.293. The van der Waals surface area contributed by atoms with E-state index in [1.165, 1.54) is 0 Å². The smallest absolute Gasteiger partial charge is 0.274 e. The summed E-state index contributed by atoms with van der Waals surface area (Å²) in [6.45, 7) is 0. The molecule has 1 saturated carbocycles. The van der Waals surface area contributed by atoms with Gasteiger partial charge in [-0.1, -0.05) is 0 Å². The van der Waals surface area contributed by atoms with E-state index in [0.717, 1.165) is 12.8 Å². The molecule has 0 aromatic carbocycles. The summed E-state index contributed by atoms with van der Waals surface area (Å²) in [6.07, 6.45) is 2.18. The number of rotatable bonds is 2. The van der Waals surface area contributed by atoms with Gasteiger partial charge in [0.25, 0.3) is 5.91 Å². The Bertz CT molecular complexity index is 344. The van der Waals surface area contributed by atoms with Gasteiger partial charge in [0, 0.05) is 13.1 Å². The summed E-state index contributed by atoms with van der Waals surface area (Å²) in [6, 6.07) is 3.58. The van der Waals surface area contributed by atoms with Crippen LogP contribution in [0.5, 0.6) is 0 Å². The molecule has 0 spiro atoms. The quantitative estimate of drug-likeness (QED) is 0.731.